The van der Waals surface area contributed by atoms with Crippen LogP contribution in [0.3, 0.4) is 0 Å². The molecule has 1 fully saturated rings. The summed E-state index contributed by atoms with van der Waals surface area (Å²) in [6, 6.07) is 14.3. The zero-order chi connectivity index (χ0) is 24.1. The number of allylic oxidation sites excluding steroid dienone is 2. The van der Waals surface area contributed by atoms with Gasteiger partial charge in [0, 0.05) is 22.6 Å². The summed E-state index contributed by atoms with van der Waals surface area (Å²) in [7, 11) is 1.28. The predicted octanol–water partition coefficient (Wildman–Crippen LogP) is 7.46. The van der Waals surface area contributed by atoms with Gasteiger partial charge in [0.05, 0.1) is 20.3 Å². The Balaban J connectivity index is 1.46. The third kappa shape index (κ3) is 5.18. The van der Waals surface area contributed by atoms with Crippen molar-refractivity contribution in [2.75, 3.05) is 20.3 Å². The Bertz CT molecular complexity index is 1150. The fraction of sp³-hybridized carbons (Fsp3) is 0.286. The van der Waals surface area contributed by atoms with E-state index in [2.05, 4.69) is 6.08 Å². The van der Waals surface area contributed by atoms with E-state index in [1.54, 1.807) is 36.4 Å². The third-order valence-corrected chi connectivity index (χ3v) is 5.98. The maximum atomic E-state index is 15.0. The van der Waals surface area contributed by atoms with Crippen molar-refractivity contribution in [1.82, 2.24) is 0 Å². The number of hydrogen-bond acceptors (Lipinski definition) is 3. The minimum Gasteiger partial charge on any atom is -0.494 e. The molecule has 1 saturated heterocycles. The number of halogens is 3. The van der Waals surface area contributed by atoms with Crippen molar-refractivity contribution in [2.45, 2.75) is 26.1 Å². The van der Waals surface area contributed by atoms with Crippen LogP contribution in [0.5, 0.6) is 5.75 Å². The summed E-state index contributed by atoms with van der Waals surface area (Å²) in [5.74, 6) is -2.26. The SMILES string of the molecule is C/C=C/CCC1COC(c2ccc(-c3ccc(-c4ccc(OC)c(F)c4F)cc3)c(F)c2)OC1. The molecule has 3 aromatic carbocycles. The van der Waals surface area contributed by atoms with E-state index in [-0.39, 0.29) is 11.3 Å². The van der Waals surface area contributed by atoms with Crippen LogP contribution < -0.4 is 4.74 Å². The topological polar surface area (TPSA) is 27.7 Å². The molecule has 0 bridgehead atoms. The van der Waals surface area contributed by atoms with Gasteiger partial charge in [-0.2, -0.15) is 4.39 Å². The summed E-state index contributed by atoms with van der Waals surface area (Å²) >= 11 is 0. The average Bonchev–Trinajstić information content (AvgIpc) is 2.86. The van der Waals surface area contributed by atoms with Crippen molar-refractivity contribution in [3.05, 3.63) is 89.8 Å². The molecule has 0 aliphatic carbocycles. The molecule has 0 N–H and O–H groups in total. The number of methoxy groups -OCH3 is 1. The number of rotatable bonds is 7. The van der Waals surface area contributed by atoms with Crippen LogP contribution in [0.4, 0.5) is 13.2 Å². The van der Waals surface area contributed by atoms with Crippen LogP contribution in [0.15, 0.2) is 66.7 Å². The number of hydrogen-bond donors (Lipinski definition) is 0. The summed E-state index contributed by atoms with van der Waals surface area (Å²) in [5, 5.41) is 0. The molecule has 1 heterocycles. The van der Waals surface area contributed by atoms with E-state index < -0.39 is 23.7 Å². The molecule has 0 aromatic heterocycles. The fourth-order valence-electron chi connectivity index (χ4n) is 4.05. The van der Waals surface area contributed by atoms with Gasteiger partial charge in [0.1, 0.15) is 5.82 Å². The molecule has 0 spiro atoms. The normalized spacial score (nSPS) is 18.4. The first-order valence-electron chi connectivity index (χ1n) is 11.3. The second-order valence-corrected chi connectivity index (χ2v) is 8.27. The number of ether oxygens (including phenoxy) is 3. The summed E-state index contributed by atoms with van der Waals surface area (Å²) < 4.78 is 59.9. The highest BCUT2D eigenvalue weighted by atomic mass is 19.2. The second kappa shape index (κ2) is 10.9. The molecule has 1 aliphatic rings. The quantitative estimate of drug-likeness (QED) is 0.337. The minimum atomic E-state index is -1.04. The standard InChI is InChI=1S/C28H27F3O3/c1-3-4-5-6-18-16-33-28(34-17-18)21-11-12-22(24(29)15-21)19-7-9-20(10-8-19)23-13-14-25(32-2)27(31)26(23)30/h3-4,7-15,18,28H,5-6,16-17H2,1-2H3/b4-3+. The molecule has 3 nitrogen and oxygen atoms in total. The van der Waals surface area contributed by atoms with E-state index in [0.717, 1.165) is 12.8 Å². The van der Waals surface area contributed by atoms with Crippen molar-refractivity contribution < 1.29 is 27.4 Å². The lowest BCUT2D eigenvalue weighted by Gasteiger charge is -2.29. The van der Waals surface area contributed by atoms with Gasteiger partial charge in [-0.3, -0.25) is 0 Å². The van der Waals surface area contributed by atoms with E-state index >= 15 is 0 Å². The van der Waals surface area contributed by atoms with E-state index in [9.17, 15) is 13.2 Å². The summed E-state index contributed by atoms with van der Waals surface area (Å²) in [6.45, 7) is 3.16. The molecule has 0 unspecified atom stereocenters. The first-order chi connectivity index (χ1) is 16.5. The van der Waals surface area contributed by atoms with Crippen LogP contribution in [0, 0.1) is 23.4 Å². The Hall–Kier alpha value is -3.09. The van der Waals surface area contributed by atoms with Gasteiger partial charge in [0.15, 0.2) is 17.9 Å². The summed E-state index contributed by atoms with van der Waals surface area (Å²) in [4.78, 5) is 0. The zero-order valence-electron chi connectivity index (χ0n) is 19.2. The smallest absolute Gasteiger partial charge is 0.201 e. The first kappa shape index (κ1) is 24.0. The molecule has 3 aromatic rings. The molecule has 0 atom stereocenters. The van der Waals surface area contributed by atoms with Crippen LogP contribution >= 0.6 is 0 Å². The van der Waals surface area contributed by atoms with Gasteiger partial charge in [-0.15, -0.1) is 0 Å². The Labute approximate surface area is 197 Å². The molecule has 34 heavy (non-hydrogen) atoms. The average molecular weight is 469 g/mol. The van der Waals surface area contributed by atoms with Crippen LogP contribution in [-0.2, 0) is 9.47 Å². The largest absolute Gasteiger partial charge is 0.494 e. The Morgan fingerprint density at radius 1 is 0.882 bits per heavy atom. The lowest BCUT2D eigenvalue weighted by Crippen LogP contribution is -2.27. The first-order valence-corrected chi connectivity index (χ1v) is 11.3. The number of benzene rings is 3. The molecule has 4 rings (SSSR count). The van der Waals surface area contributed by atoms with Crippen molar-refractivity contribution in [3.8, 4) is 28.0 Å². The molecule has 0 radical (unpaired) electrons. The van der Waals surface area contributed by atoms with Crippen molar-refractivity contribution in [3.63, 3.8) is 0 Å². The molecule has 0 amide bonds. The van der Waals surface area contributed by atoms with Gasteiger partial charge in [-0.25, -0.2) is 8.78 Å². The lowest BCUT2D eigenvalue weighted by atomic mass is 9.98. The maximum Gasteiger partial charge on any atom is 0.201 e. The van der Waals surface area contributed by atoms with Gasteiger partial charge in [0.2, 0.25) is 5.82 Å². The van der Waals surface area contributed by atoms with Crippen LogP contribution in [-0.4, -0.2) is 20.3 Å². The molecular formula is C28H27F3O3. The Kier molecular flexibility index (Phi) is 7.70. The highest BCUT2D eigenvalue weighted by Gasteiger charge is 2.24. The highest BCUT2D eigenvalue weighted by molar-refractivity contribution is 5.71. The maximum absolute atomic E-state index is 15.0. The van der Waals surface area contributed by atoms with Gasteiger partial charge in [0.25, 0.3) is 0 Å². The van der Waals surface area contributed by atoms with E-state index in [1.165, 1.54) is 25.3 Å². The Morgan fingerprint density at radius 3 is 2.15 bits per heavy atom. The predicted molar refractivity (Wildman–Crippen MR) is 126 cm³/mol. The van der Waals surface area contributed by atoms with Gasteiger partial charge in [-0.1, -0.05) is 48.6 Å². The lowest BCUT2D eigenvalue weighted by molar-refractivity contribution is -0.205. The van der Waals surface area contributed by atoms with E-state index in [4.69, 9.17) is 14.2 Å². The highest BCUT2D eigenvalue weighted by Crippen LogP contribution is 2.33. The fourth-order valence-corrected chi connectivity index (χ4v) is 4.05. The van der Waals surface area contributed by atoms with Crippen molar-refractivity contribution in [1.29, 1.82) is 0 Å². The Morgan fingerprint density at radius 2 is 1.53 bits per heavy atom. The molecule has 1 aliphatic heterocycles. The molecule has 6 heteroatoms. The van der Waals surface area contributed by atoms with Gasteiger partial charge in [-0.05, 0) is 49.1 Å². The van der Waals surface area contributed by atoms with Crippen LogP contribution in [0.2, 0.25) is 0 Å². The van der Waals surface area contributed by atoms with Crippen molar-refractivity contribution in [2.24, 2.45) is 5.92 Å². The van der Waals surface area contributed by atoms with E-state index in [1.807, 2.05) is 13.0 Å². The molecule has 178 valence electrons. The van der Waals surface area contributed by atoms with Crippen LogP contribution in [0.1, 0.15) is 31.6 Å². The van der Waals surface area contributed by atoms with E-state index in [0.29, 0.717) is 41.4 Å². The van der Waals surface area contributed by atoms with Crippen LogP contribution in [0.25, 0.3) is 22.3 Å². The zero-order valence-corrected chi connectivity index (χ0v) is 19.2. The van der Waals surface area contributed by atoms with Gasteiger partial charge < -0.3 is 14.2 Å². The molecular weight excluding hydrogens is 441 g/mol. The summed E-state index contributed by atoms with van der Waals surface area (Å²) in [5.41, 5.74) is 2.23. The third-order valence-electron chi connectivity index (χ3n) is 5.98. The van der Waals surface area contributed by atoms with Gasteiger partial charge >= 0.3 is 0 Å². The molecule has 0 saturated carbocycles. The van der Waals surface area contributed by atoms with Crippen molar-refractivity contribution >= 4 is 0 Å². The second-order valence-electron chi connectivity index (χ2n) is 8.27. The summed E-state index contributed by atoms with van der Waals surface area (Å²) in [6.07, 6.45) is 5.55. The minimum absolute atomic E-state index is 0.108. The monoisotopic (exact) mass is 468 g/mol.